The van der Waals surface area contributed by atoms with Crippen LogP contribution in [0.1, 0.15) is 28.8 Å². The van der Waals surface area contributed by atoms with Crippen molar-refractivity contribution in [3.05, 3.63) is 28.3 Å². The Bertz CT molecular complexity index is 603. The first-order chi connectivity index (χ1) is 9.51. The maximum absolute atomic E-state index is 12.2. The van der Waals surface area contributed by atoms with Crippen molar-refractivity contribution in [2.75, 3.05) is 6.61 Å². The Kier molecular flexibility index (Phi) is 4.57. The number of aliphatic hydroxyl groups is 1. The van der Waals surface area contributed by atoms with Gasteiger partial charge in [-0.3, -0.25) is 4.79 Å². The van der Waals surface area contributed by atoms with E-state index < -0.39 is 0 Å². The number of thiazole rings is 1. The lowest BCUT2D eigenvalue weighted by atomic mass is 10.2. The molecular weight excluding hydrogens is 274 g/mol. The van der Waals surface area contributed by atoms with Crippen LogP contribution in [0.2, 0.25) is 0 Å². The SMILES string of the molecule is Cc1nc(-c2cc(C(=O)N[C@H](C)CCO)n(C)c2)cs1. The molecule has 0 aliphatic carbocycles. The number of rotatable bonds is 5. The lowest BCUT2D eigenvalue weighted by Gasteiger charge is -2.12. The van der Waals surface area contributed by atoms with Crippen molar-refractivity contribution in [3.63, 3.8) is 0 Å². The Morgan fingerprint density at radius 3 is 2.95 bits per heavy atom. The van der Waals surface area contributed by atoms with E-state index in [0.29, 0.717) is 12.1 Å². The summed E-state index contributed by atoms with van der Waals surface area (Å²) >= 11 is 1.59. The monoisotopic (exact) mass is 293 g/mol. The predicted molar refractivity (Wildman–Crippen MR) is 79.9 cm³/mol. The van der Waals surface area contributed by atoms with Crippen LogP contribution in [0.25, 0.3) is 11.3 Å². The standard InChI is InChI=1S/C14H19N3O2S/c1-9(4-5-18)15-14(19)13-6-11(7-17(13)3)12-8-20-10(2)16-12/h6-9,18H,4-5H2,1-3H3,(H,15,19)/t9-/m1/s1. The van der Waals surface area contributed by atoms with Crippen molar-refractivity contribution in [3.8, 4) is 11.3 Å². The minimum atomic E-state index is -0.133. The van der Waals surface area contributed by atoms with E-state index >= 15 is 0 Å². The lowest BCUT2D eigenvalue weighted by molar-refractivity contribution is 0.0926. The van der Waals surface area contributed by atoms with E-state index in [1.54, 1.807) is 15.9 Å². The van der Waals surface area contributed by atoms with Crippen molar-refractivity contribution in [2.24, 2.45) is 7.05 Å². The number of nitrogens with zero attached hydrogens (tertiary/aromatic N) is 2. The summed E-state index contributed by atoms with van der Waals surface area (Å²) in [4.78, 5) is 16.6. The number of carbonyl (C=O) groups is 1. The quantitative estimate of drug-likeness (QED) is 0.885. The fourth-order valence-electron chi connectivity index (χ4n) is 1.99. The first kappa shape index (κ1) is 14.7. The Balaban J connectivity index is 2.17. The van der Waals surface area contributed by atoms with Crippen LogP contribution < -0.4 is 5.32 Å². The number of aliphatic hydroxyl groups excluding tert-OH is 1. The summed E-state index contributed by atoms with van der Waals surface area (Å²) in [6.07, 6.45) is 2.45. The van der Waals surface area contributed by atoms with Gasteiger partial charge >= 0.3 is 0 Å². The van der Waals surface area contributed by atoms with Crippen LogP contribution in [0.5, 0.6) is 0 Å². The van der Waals surface area contributed by atoms with Crippen molar-refractivity contribution in [1.29, 1.82) is 0 Å². The molecule has 0 aromatic carbocycles. The highest BCUT2D eigenvalue weighted by Crippen LogP contribution is 2.23. The van der Waals surface area contributed by atoms with Crippen LogP contribution in [0.4, 0.5) is 0 Å². The average molecular weight is 293 g/mol. The molecule has 6 heteroatoms. The van der Waals surface area contributed by atoms with Gasteiger partial charge in [0.2, 0.25) is 0 Å². The van der Waals surface area contributed by atoms with Crippen LogP contribution in [0, 0.1) is 6.92 Å². The highest BCUT2D eigenvalue weighted by Gasteiger charge is 2.15. The largest absolute Gasteiger partial charge is 0.396 e. The molecule has 0 fully saturated rings. The van der Waals surface area contributed by atoms with E-state index in [0.717, 1.165) is 16.3 Å². The molecule has 0 aliphatic rings. The van der Waals surface area contributed by atoms with E-state index in [1.807, 2.05) is 38.5 Å². The molecular formula is C14H19N3O2S. The van der Waals surface area contributed by atoms with E-state index in [9.17, 15) is 4.79 Å². The van der Waals surface area contributed by atoms with Gasteiger partial charge in [0.15, 0.2) is 0 Å². The van der Waals surface area contributed by atoms with E-state index in [4.69, 9.17) is 5.11 Å². The number of hydrogen-bond donors (Lipinski definition) is 2. The summed E-state index contributed by atoms with van der Waals surface area (Å²) in [5.74, 6) is -0.133. The molecule has 2 heterocycles. The molecule has 2 aromatic rings. The highest BCUT2D eigenvalue weighted by atomic mass is 32.1. The number of carbonyl (C=O) groups excluding carboxylic acids is 1. The summed E-state index contributed by atoms with van der Waals surface area (Å²) in [5.41, 5.74) is 2.43. The third kappa shape index (κ3) is 3.26. The molecule has 0 saturated heterocycles. The van der Waals surface area contributed by atoms with Crippen LogP contribution in [-0.4, -0.2) is 33.2 Å². The summed E-state index contributed by atoms with van der Waals surface area (Å²) < 4.78 is 1.80. The van der Waals surface area contributed by atoms with E-state index in [2.05, 4.69) is 10.3 Å². The topological polar surface area (TPSA) is 67.2 Å². The molecule has 2 aromatic heterocycles. The number of amides is 1. The van der Waals surface area contributed by atoms with Crippen molar-refractivity contribution in [2.45, 2.75) is 26.3 Å². The molecule has 20 heavy (non-hydrogen) atoms. The van der Waals surface area contributed by atoms with Gasteiger partial charge in [-0.2, -0.15) is 0 Å². The van der Waals surface area contributed by atoms with Crippen molar-refractivity contribution < 1.29 is 9.90 Å². The maximum atomic E-state index is 12.2. The van der Waals surface area contributed by atoms with E-state index in [1.165, 1.54) is 0 Å². The number of aromatic nitrogens is 2. The Morgan fingerprint density at radius 1 is 1.60 bits per heavy atom. The molecule has 0 aliphatic heterocycles. The third-order valence-corrected chi connectivity index (χ3v) is 3.87. The van der Waals surface area contributed by atoms with Crippen LogP contribution in [0.15, 0.2) is 17.6 Å². The second kappa shape index (κ2) is 6.19. The van der Waals surface area contributed by atoms with Crippen LogP contribution in [-0.2, 0) is 7.05 Å². The van der Waals surface area contributed by atoms with Gasteiger partial charge in [0.05, 0.1) is 10.7 Å². The zero-order valence-corrected chi connectivity index (χ0v) is 12.7. The van der Waals surface area contributed by atoms with Gasteiger partial charge in [0.25, 0.3) is 5.91 Å². The van der Waals surface area contributed by atoms with Gasteiger partial charge in [-0.05, 0) is 26.3 Å². The van der Waals surface area contributed by atoms with Gasteiger partial charge in [0.1, 0.15) is 5.69 Å². The molecule has 0 radical (unpaired) electrons. The summed E-state index contributed by atoms with van der Waals surface area (Å²) in [6.45, 7) is 3.90. The first-order valence-electron chi connectivity index (χ1n) is 6.52. The minimum absolute atomic E-state index is 0.0487. The smallest absolute Gasteiger partial charge is 0.268 e. The molecule has 1 atom stereocenters. The Hall–Kier alpha value is -1.66. The van der Waals surface area contributed by atoms with Crippen molar-refractivity contribution >= 4 is 17.2 Å². The Labute approximate surface area is 122 Å². The van der Waals surface area contributed by atoms with Gasteiger partial charge in [0, 0.05) is 36.8 Å². The maximum Gasteiger partial charge on any atom is 0.268 e. The normalized spacial score (nSPS) is 12.4. The van der Waals surface area contributed by atoms with Crippen LogP contribution >= 0.6 is 11.3 Å². The summed E-state index contributed by atoms with van der Waals surface area (Å²) in [7, 11) is 1.84. The summed E-state index contributed by atoms with van der Waals surface area (Å²) in [6, 6.07) is 1.79. The van der Waals surface area contributed by atoms with Gasteiger partial charge in [-0.15, -0.1) is 11.3 Å². The van der Waals surface area contributed by atoms with Gasteiger partial charge in [-0.1, -0.05) is 0 Å². The predicted octanol–water partition coefficient (Wildman–Crippen LogP) is 1.96. The number of nitrogens with one attached hydrogen (secondary N) is 1. The number of hydrogen-bond acceptors (Lipinski definition) is 4. The molecule has 2 rings (SSSR count). The Morgan fingerprint density at radius 2 is 2.35 bits per heavy atom. The van der Waals surface area contributed by atoms with Gasteiger partial charge < -0.3 is 15.0 Å². The second-order valence-electron chi connectivity index (χ2n) is 4.86. The van der Waals surface area contributed by atoms with Gasteiger partial charge in [-0.25, -0.2) is 4.98 Å². The number of aryl methyl sites for hydroxylation is 2. The zero-order chi connectivity index (χ0) is 14.7. The minimum Gasteiger partial charge on any atom is -0.396 e. The second-order valence-corrected chi connectivity index (χ2v) is 5.93. The molecule has 0 bridgehead atoms. The fourth-order valence-corrected chi connectivity index (χ4v) is 2.61. The molecule has 0 unspecified atom stereocenters. The summed E-state index contributed by atoms with van der Waals surface area (Å²) in [5, 5.41) is 14.7. The molecule has 0 saturated carbocycles. The first-order valence-corrected chi connectivity index (χ1v) is 7.40. The average Bonchev–Trinajstić information content (AvgIpc) is 2.95. The third-order valence-electron chi connectivity index (χ3n) is 3.09. The molecule has 5 nitrogen and oxygen atoms in total. The lowest BCUT2D eigenvalue weighted by Crippen LogP contribution is -2.34. The zero-order valence-electron chi connectivity index (χ0n) is 11.9. The molecule has 0 spiro atoms. The van der Waals surface area contributed by atoms with Crippen molar-refractivity contribution in [1.82, 2.24) is 14.9 Å². The highest BCUT2D eigenvalue weighted by molar-refractivity contribution is 7.09. The van der Waals surface area contributed by atoms with E-state index in [-0.39, 0.29) is 18.6 Å². The fraction of sp³-hybridized carbons (Fsp3) is 0.429. The molecule has 108 valence electrons. The van der Waals surface area contributed by atoms with Crippen LogP contribution in [0.3, 0.4) is 0 Å². The molecule has 2 N–H and O–H groups in total. The molecule has 1 amide bonds.